The van der Waals surface area contributed by atoms with Crippen LogP contribution in [0.1, 0.15) is 17.0 Å². The standard InChI is InChI=1S/C14H15N3O3/c18-14(19)13-16-11-4-2-1-3-10(11)12(17-13)15-7-9-5-6-20-8-9/h1-4,9H,5-8H2,(H,18,19)(H,15,16,17). The molecule has 1 fully saturated rings. The van der Waals surface area contributed by atoms with E-state index in [-0.39, 0.29) is 5.82 Å². The minimum atomic E-state index is -1.12. The van der Waals surface area contributed by atoms with Crippen LogP contribution >= 0.6 is 0 Å². The fourth-order valence-electron chi connectivity index (χ4n) is 2.29. The second-order valence-corrected chi connectivity index (χ2v) is 4.83. The second-order valence-electron chi connectivity index (χ2n) is 4.83. The Morgan fingerprint density at radius 2 is 2.25 bits per heavy atom. The highest BCUT2D eigenvalue weighted by molar-refractivity contribution is 5.93. The van der Waals surface area contributed by atoms with E-state index in [0.717, 1.165) is 31.6 Å². The molecule has 0 bridgehead atoms. The lowest BCUT2D eigenvalue weighted by atomic mass is 10.1. The minimum absolute atomic E-state index is 0.186. The molecule has 1 unspecified atom stereocenters. The van der Waals surface area contributed by atoms with Gasteiger partial charge in [-0.3, -0.25) is 0 Å². The number of hydrogen-bond donors (Lipinski definition) is 2. The number of carboxylic acid groups (broad SMARTS) is 1. The van der Waals surface area contributed by atoms with Gasteiger partial charge in [0.05, 0.1) is 12.1 Å². The van der Waals surface area contributed by atoms with Gasteiger partial charge >= 0.3 is 5.97 Å². The summed E-state index contributed by atoms with van der Waals surface area (Å²) in [6.07, 6.45) is 1.02. The number of aromatic nitrogens is 2. The minimum Gasteiger partial charge on any atom is -0.475 e. The quantitative estimate of drug-likeness (QED) is 0.883. The van der Waals surface area contributed by atoms with Crippen LogP contribution in [0.5, 0.6) is 0 Å². The van der Waals surface area contributed by atoms with Gasteiger partial charge in [0.2, 0.25) is 5.82 Å². The molecule has 104 valence electrons. The van der Waals surface area contributed by atoms with Crippen LogP contribution in [0, 0.1) is 5.92 Å². The van der Waals surface area contributed by atoms with Crippen LogP contribution in [0.2, 0.25) is 0 Å². The first-order valence-corrected chi connectivity index (χ1v) is 6.56. The van der Waals surface area contributed by atoms with E-state index in [4.69, 9.17) is 9.84 Å². The number of ether oxygens (including phenoxy) is 1. The molecular weight excluding hydrogens is 258 g/mol. The van der Waals surface area contributed by atoms with Gasteiger partial charge in [0, 0.05) is 24.5 Å². The number of carboxylic acids is 1. The van der Waals surface area contributed by atoms with Gasteiger partial charge in [-0.05, 0) is 18.6 Å². The number of benzene rings is 1. The Morgan fingerprint density at radius 3 is 3.00 bits per heavy atom. The summed E-state index contributed by atoms with van der Waals surface area (Å²) in [6.45, 7) is 2.25. The summed E-state index contributed by atoms with van der Waals surface area (Å²) in [7, 11) is 0. The van der Waals surface area contributed by atoms with E-state index in [1.807, 2.05) is 18.2 Å². The van der Waals surface area contributed by atoms with Gasteiger partial charge in [0.1, 0.15) is 5.82 Å². The van der Waals surface area contributed by atoms with E-state index in [2.05, 4.69) is 15.3 Å². The molecule has 6 nitrogen and oxygen atoms in total. The maximum atomic E-state index is 11.1. The summed E-state index contributed by atoms with van der Waals surface area (Å²) in [5, 5.41) is 13.1. The number of fused-ring (bicyclic) bond motifs is 1. The molecule has 1 saturated heterocycles. The van der Waals surface area contributed by atoms with Gasteiger partial charge in [-0.15, -0.1) is 0 Å². The summed E-state index contributed by atoms with van der Waals surface area (Å²) < 4.78 is 5.33. The third-order valence-electron chi connectivity index (χ3n) is 3.38. The van der Waals surface area contributed by atoms with Crippen LogP contribution in [0.3, 0.4) is 0 Å². The number of hydrogen-bond acceptors (Lipinski definition) is 5. The molecular formula is C14H15N3O3. The predicted molar refractivity (Wildman–Crippen MR) is 73.9 cm³/mol. The number of nitrogens with one attached hydrogen (secondary N) is 1. The molecule has 1 atom stereocenters. The van der Waals surface area contributed by atoms with E-state index in [9.17, 15) is 4.79 Å². The number of rotatable bonds is 4. The van der Waals surface area contributed by atoms with E-state index in [1.165, 1.54) is 0 Å². The van der Waals surface area contributed by atoms with Crippen LogP contribution in [0.4, 0.5) is 5.82 Å². The van der Waals surface area contributed by atoms with Crippen molar-refractivity contribution in [2.45, 2.75) is 6.42 Å². The topological polar surface area (TPSA) is 84.3 Å². The molecule has 1 aliphatic rings. The number of anilines is 1. The fraction of sp³-hybridized carbons (Fsp3) is 0.357. The van der Waals surface area contributed by atoms with Gasteiger partial charge in [-0.1, -0.05) is 12.1 Å². The van der Waals surface area contributed by atoms with Gasteiger partial charge in [0.25, 0.3) is 0 Å². The first-order valence-electron chi connectivity index (χ1n) is 6.56. The molecule has 2 aromatic rings. The predicted octanol–water partition coefficient (Wildman–Crippen LogP) is 1.78. The highest BCUT2D eigenvalue weighted by Crippen LogP contribution is 2.21. The van der Waals surface area contributed by atoms with Crippen LogP contribution in [-0.2, 0) is 4.74 Å². The lowest BCUT2D eigenvalue weighted by molar-refractivity contribution is 0.0684. The highest BCUT2D eigenvalue weighted by atomic mass is 16.5. The highest BCUT2D eigenvalue weighted by Gasteiger charge is 2.17. The zero-order chi connectivity index (χ0) is 13.9. The largest absolute Gasteiger partial charge is 0.475 e. The van der Waals surface area contributed by atoms with Crippen LogP contribution in [-0.4, -0.2) is 40.8 Å². The van der Waals surface area contributed by atoms with Gasteiger partial charge in [0.15, 0.2) is 0 Å². The molecule has 0 radical (unpaired) electrons. The number of carbonyl (C=O) groups is 1. The van der Waals surface area contributed by atoms with Crippen molar-refractivity contribution in [3.8, 4) is 0 Å². The average Bonchev–Trinajstić information content (AvgIpc) is 2.97. The first-order chi connectivity index (χ1) is 9.74. The van der Waals surface area contributed by atoms with Crippen LogP contribution in [0.15, 0.2) is 24.3 Å². The molecule has 3 rings (SSSR count). The molecule has 1 aromatic carbocycles. The first kappa shape index (κ1) is 12.8. The molecule has 0 saturated carbocycles. The van der Waals surface area contributed by atoms with Gasteiger partial charge in [-0.2, -0.15) is 0 Å². The zero-order valence-electron chi connectivity index (χ0n) is 10.9. The Labute approximate surface area is 115 Å². The third-order valence-corrected chi connectivity index (χ3v) is 3.38. The van der Waals surface area contributed by atoms with Crippen molar-refractivity contribution < 1.29 is 14.6 Å². The molecule has 2 heterocycles. The Bertz CT molecular complexity index is 639. The number of aromatic carboxylic acids is 1. The van der Waals surface area contributed by atoms with E-state index < -0.39 is 5.97 Å². The molecule has 0 spiro atoms. The maximum Gasteiger partial charge on any atom is 0.374 e. The second kappa shape index (κ2) is 5.42. The summed E-state index contributed by atoms with van der Waals surface area (Å²) in [5.41, 5.74) is 0.630. The SMILES string of the molecule is O=C(O)c1nc(NCC2CCOC2)c2ccccc2n1. The van der Waals surface area contributed by atoms with Crippen molar-refractivity contribution in [3.05, 3.63) is 30.1 Å². The Hall–Kier alpha value is -2.21. The molecule has 1 aliphatic heterocycles. The summed E-state index contributed by atoms with van der Waals surface area (Å²) in [4.78, 5) is 19.2. The Balaban J connectivity index is 1.92. The van der Waals surface area contributed by atoms with Crippen molar-refractivity contribution in [2.24, 2.45) is 5.92 Å². The van der Waals surface area contributed by atoms with E-state index >= 15 is 0 Å². The van der Waals surface area contributed by atoms with Gasteiger partial charge < -0.3 is 15.2 Å². The van der Waals surface area contributed by atoms with Crippen molar-refractivity contribution in [2.75, 3.05) is 25.1 Å². The molecule has 0 aliphatic carbocycles. The molecule has 20 heavy (non-hydrogen) atoms. The Morgan fingerprint density at radius 1 is 1.40 bits per heavy atom. The van der Waals surface area contributed by atoms with Crippen LogP contribution < -0.4 is 5.32 Å². The summed E-state index contributed by atoms with van der Waals surface area (Å²) in [6, 6.07) is 7.38. The van der Waals surface area contributed by atoms with E-state index in [0.29, 0.717) is 17.3 Å². The average molecular weight is 273 g/mol. The molecule has 1 aromatic heterocycles. The van der Waals surface area contributed by atoms with Crippen molar-refractivity contribution in [3.63, 3.8) is 0 Å². The fourth-order valence-corrected chi connectivity index (χ4v) is 2.29. The zero-order valence-corrected chi connectivity index (χ0v) is 10.9. The molecule has 2 N–H and O–H groups in total. The Kier molecular flexibility index (Phi) is 3.47. The number of para-hydroxylation sites is 1. The van der Waals surface area contributed by atoms with Crippen molar-refractivity contribution in [1.82, 2.24) is 9.97 Å². The lowest BCUT2D eigenvalue weighted by Gasteiger charge is -2.12. The normalized spacial score (nSPS) is 18.3. The maximum absolute atomic E-state index is 11.1. The van der Waals surface area contributed by atoms with Gasteiger partial charge in [-0.25, -0.2) is 14.8 Å². The summed E-state index contributed by atoms with van der Waals surface area (Å²) in [5.74, 6) is -0.297. The van der Waals surface area contributed by atoms with E-state index in [1.54, 1.807) is 6.07 Å². The molecule has 6 heteroatoms. The monoisotopic (exact) mass is 273 g/mol. The van der Waals surface area contributed by atoms with Crippen molar-refractivity contribution >= 4 is 22.7 Å². The molecule has 0 amide bonds. The number of nitrogens with zero attached hydrogens (tertiary/aromatic N) is 2. The smallest absolute Gasteiger partial charge is 0.374 e. The van der Waals surface area contributed by atoms with Crippen molar-refractivity contribution in [1.29, 1.82) is 0 Å². The van der Waals surface area contributed by atoms with Crippen LogP contribution in [0.25, 0.3) is 10.9 Å². The third kappa shape index (κ3) is 2.55. The summed E-state index contributed by atoms with van der Waals surface area (Å²) >= 11 is 0. The lowest BCUT2D eigenvalue weighted by Crippen LogP contribution is -2.16.